The highest BCUT2D eigenvalue weighted by Gasteiger charge is 1.87. The Morgan fingerprint density at radius 2 is 1.19 bits per heavy atom. The van der Waals surface area contributed by atoms with Crippen LogP contribution in [0.5, 0.6) is 11.5 Å². The maximum atomic E-state index is 10.3. The first-order valence-corrected chi connectivity index (χ1v) is 4.34. The Morgan fingerprint density at radius 3 is 1.38 bits per heavy atom. The second-order valence-corrected chi connectivity index (χ2v) is 2.77. The third-order valence-electron chi connectivity index (χ3n) is 1.59. The van der Waals surface area contributed by atoms with Crippen molar-refractivity contribution in [3.63, 3.8) is 0 Å². The van der Waals surface area contributed by atoms with Gasteiger partial charge in [0, 0.05) is 12.4 Å². The molecule has 2 rings (SSSR count). The fourth-order valence-electron chi connectivity index (χ4n) is 0.825. The fraction of sp³-hybridized carbons (Fsp3) is 0. The van der Waals surface area contributed by atoms with Crippen molar-refractivity contribution >= 4 is 0 Å². The molecule has 0 atom stereocenters. The summed E-state index contributed by atoms with van der Waals surface area (Å²) >= 11 is 0. The lowest BCUT2D eigenvalue weighted by Crippen LogP contribution is -2.01. The number of aromatic nitrogens is 2. The summed E-state index contributed by atoms with van der Waals surface area (Å²) in [5.41, 5.74) is -0.903. The van der Waals surface area contributed by atoms with E-state index < -0.39 is 11.1 Å². The van der Waals surface area contributed by atoms with Gasteiger partial charge in [-0.2, -0.15) is 0 Å². The first kappa shape index (κ1) is 11.6. The highest BCUT2D eigenvalue weighted by molar-refractivity contribution is 5.13. The van der Waals surface area contributed by atoms with Crippen LogP contribution in [0.2, 0.25) is 0 Å². The third kappa shape index (κ3) is 3.33. The van der Waals surface area contributed by atoms with E-state index in [1.54, 1.807) is 12.1 Å². The fourth-order valence-corrected chi connectivity index (χ4v) is 0.825. The Balaban J connectivity index is 0.000000160. The summed E-state index contributed by atoms with van der Waals surface area (Å²) in [5.74, 6) is -0.486. The first-order valence-electron chi connectivity index (χ1n) is 4.34. The van der Waals surface area contributed by atoms with Crippen molar-refractivity contribution in [2.75, 3.05) is 0 Å². The van der Waals surface area contributed by atoms with Crippen LogP contribution in [0.25, 0.3) is 0 Å². The molecule has 0 fully saturated rings. The number of pyridine rings is 2. The first-order chi connectivity index (χ1) is 7.61. The predicted octanol–water partition coefficient (Wildman–Crippen LogP) is 0.161. The van der Waals surface area contributed by atoms with Gasteiger partial charge < -0.3 is 20.2 Å². The molecule has 0 saturated carbocycles. The zero-order valence-corrected chi connectivity index (χ0v) is 8.18. The van der Waals surface area contributed by atoms with E-state index >= 15 is 0 Å². The Morgan fingerprint density at radius 1 is 0.812 bits per heavy atom. The van der Waals surface area contributed by atoms with Crippen molar-refractivity contribution in [3.8, 4) is 11.5 Å². The molecule has 0 aromatic carbocycles. The average Bonchev–Trinajstić information content (AvgIpc) is 2.28. The third-order valence-corrected chi connectivity index (χ3v) is 1.59. The van der Waals surface area contributed by atoms with Crippen LogP contribution >= 0.6 is 0 Å². The molecule has 84 valence electrons. The largest absolute Gasteiger partial charge is 0.503 e. The van der Waals surface area contributed by atoms with Gasteiger partial charge in [-0.15, -0.1) is 0 Å². The number of H-pyrrole nitrogens is 2. The Kier molecular flexibility index (Phi) is 3.90. The van der Waals surface area contributed by atoms with Crippen LogP contribution in [0.1, 0.15) is 0 Å². The van der Waals surface area contributed by atoms with Crippen LogP contribution < -0.4 is 11.1 Å². The number of hydrogen-bond acceptors (Lipinski definition) is 4. The maximum absolute atomic E-state index is 10.3. The molecule has 2 aromatic rings. The summed E-state index contributed by atoms with van der Waals surface area (Å²) in [6.45, 7) is 0. The SMILES string of the molecule is O=c1[nH]cccc1O.O=c1[nH]cccc1O. The second-order valence-electron chi connectivity index (χ2n) is 2.77. The highest BCUT2D eigenvalue weighted by atomic mass is 16.3. The van der Waals surface area contributed by atoms with Crippen molar-refractivity contribution in [1.29, 1.82) is 0 Å². The Labute approximate surface area is 89.8 Å². The van der Waals surface area contributed by atoms with Gasteiger partial charge >= 0.3 is 0 Å². The smallest absolute Gasteiger partial charge is 0.290 e. The normalized spacial score (nSPS) is 9.00. The van der Waals surface area contributed by atoms with Crippen molar-refractivity contribution in [3.05, 3.63) is 57.4 Å². The Bertz CT molecular complexity index is 507. The lowest BCUT2D eigenvalue weighted by atomic mass is 10.5. The minimum atomic E-state index is -0.451. The van der Waals surface area contributed by atoms with Gasteiger partial charge in [0.1, 0.15) is 0 Å². The van der Waals surface area contributed by atoms with Crippen molar-refractivity contribution < 1.29 is 10.2 Å². The summed E-state index contributed by atoms with van der Waals surface area (Å²) in [7, 11) is 0. The molecule has 0 unspecified atom stereocenters. The summed E-state index contributed by atoms with van der Waals surface area (Å²) in [6.07, 6.45) is 2.92. The van der Waals surface area contributed by atoms with Crippen LogP contribution in [-0.2, 0) is 0 Å². The molecule has 0 aliphatic heterocycles. The highest BCUT2D eigenvalue weighted by Crippen LogP contribution is 1.92. The maximum Gasteiger partial charge on any atom is 0.290 e. The molecule has 6 heteroatoms. The molecule has 6 nitrogen and oxygen atoms in total. The van der Waals surface area contributed by atoms with Crippen LogP contribution in [0, 0.1) is 0 Å². The summed E-state index contributed by atoms with van der Waals surface area (Å²) in [4.78, 5) is 25.2. The van der Waals surface area contributed by atoms with E-state index in [-0.39, 0.29) is 11.5 Å². The van der Waals surface area contributed by atoms with Crippen LogP contribution in [-0.4, -0.2) is 20.2 Å². The second kappa shape index (κ2) is 5.40. The molecule has 0 radical (unpaired) electrons. The minimum Gasteiger partial charge on any atom is -0.503 e. The van der Waals surface area contributed by atoms with Crippen molar-refractivity contribution in [2.45, 2.75) is 0 Å². The average molecular weight is 222 g/mol. The quantitative estimate of drug-likeness (QED) is 0.509. The number of nitrogens with one attached hydrogen (secondary N) is 2. The van der Waals surface area contributed by atoms with Gasteiger partial charge in [0.25, 0.3) is 11.1 Å². The van der Waals surface area contributed by atoms with E-state index in [1.165, 1.54) is 24.5 Å². The van der Waals surface area contributed by atoms with Gasteiger partial charge in [0.2, 0.25) is 0 Å². The molecule has 0 aliphatic rings. The van der Waals surface area contributed by atoms with Gasteiger partial charge in [-0.1, -0.05) is 0 Å². The molecule has 0 aliphatic carbocycles. The topological polar surface area (TPSA) is 106 Å². The molecule has 0 spiro atoms. The van der Waals surface area contributed by atoms with Crippen LogP contribution in [0.15, 0.2) is 46.2 Å². The molecule has 0 saturated heterocycles. The molecule has 0 amide bonds. The molecule has 2 aromatic heterocycles. The number of hydrogen-bond donors (Lipinski definition) is 4. The predicted molar refractivity (Wildman–Crippen MR) is 57.5 cm³/mol. The van der Waals surface area contributed by atoms with E-state index in [1.807, 2.05) is 0 Å². The standard InChI is InChI=1S/2C5H5NO2/c2*7-4-2-1-3-6-5(4)8/h2*1-3,7H,(H,6,8). The molecular weight excluding hydrogens is 212 g/mol. The van der Waals surface area contributed by atoms with Crippen molar-refractivity contribution in [1.82, 2.24) is 9.97 Å². The van der Waals surface area contributed by atoms with E-state index in [2.05, 4.69) is 9.97 Å². The lowest BCUT2D eigenvalue weighted by molar-refractivity contribution is 0.466. The van der Waals surface area contributed by atoms with E-state index in [0.717, 1.165) is 0 Å². The molecule has 16 heavy (non-hydrogen) atoms. The zero-order valence-electron chi connectivity index (χ0n) is 8.18. The van der Waals surface area contributed by atoms with E-state index in [4.69, 9.17) is 10.2 Å². The number of aromatic hydroxyl groups is 2. The summed E-state index contributed by atoms with van der Waals surface area (Å²) < 4.78 is 0. The molecule has 4 N–H and O–H groups in total. The molecule has 2 heterocycles. The summed E-state index contributed by atoms with van der Waals surface area (Å²) in [5, 5.41) is 17.2. The summed E-state index contributed by atoms with van der Waals surface area (Å²) in [6, 6.07) is 5.77. The van der Waals surface area contributed by atoms with E-state index in [9.17, 15) is 9.59 Å². The lowest BCUT2D eigenvalue weighted by Gasteiger charge is -1.83. The van der Waals surface area contributed by atoms with Crippen LogP contribution in [0.3, 0.4) is 0 Å². The Hall–Kier alpha value is -2.50. The zero-order chi connectivity index (χ0) is 12.0. The van der Waals surface area contributed by atoms with Gasteiger partial charge in [0.05, 0.1) is 0 Å². The number of aromatic amines is 2. The molecule has 0 bridgehead atoms. The molecular formula is C10H10N2O4. The monoisotopic (exact) mass is 222 g/mol. The number of rotatable bonds is 0. The van der Waals surface area contributed by atoms with Crippen LogP contribution in [0.4, 0.5) is 0 Å². The van der Waals surface area contributed by atoms with E-state index in [0.29, 0.717) is 0 Å². The van der Waals surface area contributed by atoms with Gasteiger partial charge in [-0.25, -0.2) is 0 Å². The van der Waals surface area contributed by atoms with Gasteiger partial charge in [-0.05, 0) is 24.3 Å². The minimum absolute atomic E-state index is 0.243. The van der Waals surface area contributed by atoms with Gasteiger partial charge in [-0.3, -0.25) is 9.59 Å². The van der Waals surface area contributed by atoms with Gasteiger partial charge in [0.15, 0.2) is 11.5 Å². The van der Waals surface area contributed by atoms with Crippen molar-refractivity contribution in [2.24, 2.45) is 0 Å².